The highest BCUT2D eigenvalue weighted by molar-refractivity contribution is 5.71. The van der Waals surface area contributed by atoms with Crippen LogP contribution in [0.5, 0.6) is 0 Å². The third-order valence-corrected chi connectivity index (χ3v) is 4.01. The summed E-state index contributed by atoms with van der Waals surface area (Å²) in [5.41, 5.74) is 5.59. The largest absolute Gasteiger partial charge is 0.333 e. The minimum Gasteiger partial charge on any atom is -0.325 e. The van der Waals surface area contributed by atoms with Crippen LogP contribution in [0.3, 0.4) is 0 Å². The van der Waals surface area contributed by atoms with Gasteiger partial charge in [0.1, 0.15) is 5.82 Å². The summed E-state index contributed by atoms with van der Waals surface area (Å²) in [6.45, 7) is 9.54. The zero-order valence-electron chi connectivity index (χ0n) is 14.2. The van der Waals surface area contributed by atoms with Gasteiger partial charge in [0.05, 0.1) is 0 Å². The molecule has 0 amide bonds. The van der Waals surface area contributed by atoms with E-state index in [1.807, 2.05) is 20.8 Å². The van der Waals surface area contributed by atoms with Crippen LogP contribution in [-0.2, 0) is 13.6 Å². The second-order valence-corrected chi connectivity index (χ2v) is 6.68. The van der Waals surface area contributed by atoms with Gasteiger partial charge in [0.25, 0.3) is 5.56 Å². The summed E-state index contributed by atoms with van der Waals surface area (Å²) in [5.74, 6) is 0.702. The number of aromatic nitrogens is 4. The van der Waals surface area contributed by atoms with E-state index in [1.165, 1.54) is 4.57 Å². The molecule has 7 heteroatoms. The number of hydrogen-bond donors (Lipinski definition) is 1. The third kappa shape index (κ3) is 2.61. The van der Waals surface area contributed by atoms with Crippen LogP contribution in [0.2, 0.25) is 0 Å². The highest BCUT2D eigenvalue weighted by Crippen LogP contribution is 2.16. The lowest BCUT2D eigenvalue weighted by Crippen LogP contribution is -2.48. The van der Waals surface area contributed by atoms with Gasteiger partial charge >= 0.3 is 5.69 Å². The van der Waals surface area contributed by atoms with Crippen molar-refractivity contribution in [2.24, 2.45) is 12.8 Å². The van der Waals surface area contributed by atoms with Crippen molar-refractivity contribution >= 4 is 11.2 Å². The zero-order valence-corrected chi connectivity index (χ0v) is 14.2. The Hall–Kier alpha value is -1.89. The highest BCUT2D eigenvalue weighted by Gasteiger charge is 2.23. The molecule has 2 N–H and O–H groups in total. The van der Waals surface area contributed by atoms with E-state index >= 15 is 0 Å². The second kappa shape index (κ2) is 5.39. The maximum Gasteiger partial charge on any atom is 0.333 e. The first-order valence-electron chi connectivity index (χ1n) is 7.55. The lowest BCUT2D eigenvalue weighted by molar-refractivity contribution is 0.396. The van der Waals surface area contributed by atoms with E-state index in [9.17, 15) is 9.59 Å². The van der Waals surface area contributed by atoms with Gasteiger partial charge in [-0.25, -0.2) is 9.78 Å². The van der Waals surface area contributed by atoms with Crippen molar-refractivity contribution in [1.29, 1.82) is 0 Å². The lowest BCUT2D eigenvalue weighted by atomic mass is 10.1. The van der Waals surface area contributed by atoms with Crippen LogP contribution in [0.1, 0.15) is 46.0 Å². The zero-order chi connectivity index (χ0) is 16.8. The normalized spacial score (nSPS) is 13.8. The molecule has 0 radical (unpaired) electrons. The summed E-state index contributed by atoms with van der Waals surface area (Å²) in [4.78, 5) is 30.0. The van der Waals surface area contributed by atoms with E-state index in [4.69, 9.17) is 5.73 Å². The smallest absolute Gasteiger partial charge is 0.325 e. The molecule has 0 saturated heterocycles. The van der Waals surface area contributed by atoms with Crippen molar-refractivity contribution in [3.8, 4) is 0 Å². The maximum atomic E-state index is 12.8. The van der Waals surface area contributed by atoms with E-state index < -0.39 is 5.54 Å². The van der Waals surface area contributed by atoms with Gasteiger partial charge in [-0.05, 0) is 34.1 Å². The predicted molar refractivity (Wildman–Crippen MR) is 87.2 cm³/mol. The number of nitrogens with two attached hydrogens (primary N) is 1. The molecule has 0 aromatic carbocycles. The average molecular weight is 307 g/mol. The number of hydrogen-bond acceptors (Lipinski definition) is 4. The average Bonchev–Trinajstić information content (AvgIpc) is 2.69. The molecular weight excluding hydrogens is 282 g/mol. The number of rotatable bonds is 4. The summed E-state index contributed by atoms with van der Waals surface area (Å²) in [7, 11) is 1.79. The van der Waals surface area contributed by atoms with Crippen LogP contribution in [0.4, 0.5) is 0 Å². The molecule has 2 heterocycles. The van der Waals surface area contributed by atoms with Gasteiger partial charge in [-0.15, -0.1) is 0 Å². The molecule has 0 spiro atoms. The molecule has 0 aliphatic carbocycles. The van der Waals surface area contributed by atoms with Gasteiger partial charge in [0.15, 0.2) is 11.2 Å². The molecule has 0 bridgehead atoms. The Morgan fingerprint density at radius 2 is 1.91 bits per heavy atom. The molecule has 7 nitrogen and oxygen atoms in total. The van der Waals surface area contributed by atoms with Crippen LogP contribution in [0, 0.1) is 6.92 Å². The summed E-state index contributed by atoms with van der Waals surface area (Å²) < 4.78 is 4.57. The Morgan fingerprint density at radius 3 is 2.41 bits per heavy atom. The number of aryl methyl sites for hydroxylation is 2. The fourth-order valence-electron chi connectivity index (χ4n) is 2.56. The first kappa shape index (κ1) is 16.5. The third-order valence-electron chi connectivity index (χ3n) is 4.01. The molecule has 0 saturated carbocycles. The van der Waals surface area contributed by atoms with Crippen LogP contribution in [0.25, 0.3) is 11.2 Å². The van der Waals surface area contributed by atoms with Crippen molar-refractivity contribution in [2.75, 3.05) is 0 Å². The van der Waals surface area contributed by atoms with Crippen molar-refractivity contribution in [3.63, 3.8) is 0 Å². The molecule has 1 atom stereocenters. The fourth-order valence-corrected chi connectivity index (χ4v) is 2.56. The second-order valence-electron chi connectivity index (χ2n) is 6.68. The SMILES string of the molecule is CCC(C)n1c(=O)n(CC(C)(C)N)c(=O)c2c1nc(C)n2C. The van der Waals surface area contributed by atoms with E-state index in [0.29, 0.717) is 17.0 Å². The van der Waals surface area contributed by atoms with Crippen LogP contribution < -0.4 is 17.0 Å². The number of imidazole rings is 1. The van der Waals surface area contributed by atoms with Gasteiger partial charge in [0, 0.05) is 25.2 Å². The number of fused-ring (bicyclic) bond motifs is 1. The van der Waals surface area contributed by atoms with Crippen molar-refractivity contribution in [2.45, 2.75) is 59.2 Å². The molecule has 122 valence electrons. The first-order chi connectivity index (χ1) is 10.1. The topological polar surface area (TPSA) is 87.8 Å². The Kier molecular flexibility index (Phi) is 4.04. The van der Waals surface area contributed by atoms with E-state index in [2.05, 4.69) is 4.98 Å². The van der Waals surface area contributed by atoms with E-state index in [0.717, 1.165) is 6.42 Å². The van der Waals surface area contributed by atoms with Gasteiger partial charge < -0.3 is 10.3 Å². The van der Waals surface area contributed by atoms with Crippen LogP contribution in [0.15, 0.2) is 9.59 Å². The Bertz CT molecular complexity index is 820. The Labute approximate surface area is 129 Å². The minimum absolute atomic E-state index is 0.0444. The molecule has 2 aromatic heterocycles. The highest BCUT2D eigenvalue weighted by atomic mass is 16.2. The number of nitrogens with zero attached hydrogens (tertiary/aromatic N) is 4. The molecule has 2 aromatic rings. The molecule has 1 unspecified atom stereocenters. The molecule has 0 fully saturated rings. The quantitative estimate of drug-likeness (QED) is 0.909. The molecule has 22 heavy (non-hydrogen) atoms. The Morgan fingerprint density at radius 1 is 1.32 bits per heavy atom. The predicted octanol–water partition coefficient (Wildman–Crippen LogP) is 0.913. The maximum absolute atomic E-state index is 12.8. The fraction of sp³-hybridized carbons (Fsp3) is 0.667. The van der Waals surface area contributed by atoms with Crippen LogP contribution >= 0.6 is 0 Å². The summed E-state index contributed by atoms with van der Waals surface area (Å²) in [6, 6.07) is -0.0444. The first-order valence-corrected chi connectivity index (χ1v) is 7.55. The summed E-state index contributed by atoms with van der Waals surface area (Å²) >= 11 is 0. The lowest BCUT2D eigenvalue weighted by Gasteiger charge is -2.22. The summed E-state index contributed by atoms with van der Waals surface area (Å²) in [5, 5.41) is 0. The van der Waals surface area contributed by atoms with E-state index in [-0.39, 0.29) is 23.8 Å². The molecule has 0 aliphatic rings. The van der Waals surface area contributed by atoms with Gasteiger partial charge in [-0.3, -0.25) is 13.9 Å². The van der Waals surface area contributed by atoms with Crippen molar-refractivity contribution < 1.29 is 0 Å². The van der Waals surface area contributed by atoms with Crippen LogP contribution in [-0.4, -0.2) is 24.2 Å². The molecular formula is C15H25N5O2. The van der Waals surface area contributed by atoms with Gasteiger partial charge in [-0.1, -0.05) is 6.92 Å². The molecule has 2 rings (SSSR count). The van der Waals surface area contributed by atoms with Gasteiger partial charge in [0.2, 0.25) is 0 Å². The summed E-state index contributed by atoms with van der Waals surface area (Å²) in [6.07, 6.45) is 0.773. The van der Waals surface area contributed by atoms with Crippen molar-refractivity contribution in [1.82, 2.24) is 18.7 Å². The minimum atomic E-state index is -0.655. The van der Waals surface area contributed by atoms with E-state index in [1.54, 1.807) is 30.0 Å². The molecule has 0 aliphatic heterocycles. The standard InChI is InChI=1S/C15H25N5O2/c1-7-9(2)20-12-11(18(6)10(3)17-12)13(21)19(14(20)22)8-15(4,5)16/h9H,7-8,16H2,1-6H3. The van der Waals surface area contributed by atoms with Gasteiger partial charge in [-0.2, -0.15) is 0 Å². The van der Waals surface area contributed by atoms with Crippen molar-refractivity contribution in [3.05, 3.63) is 26.7 Å². The Balaban J connectivity index is 2.96. The monoisotopic (exact) mass is 307 g/mol.